The van der Waals surface area contributed by atoms with E-state index in [0.29, 0.717) is 0 Å². The first-order chi connectivity index (χ1) is 7.50. The first-order valence-electron chi connectivity index (χ1n) is 4.72. The number of benzene rings is 1. The molecule has 0 aliphatic rings. The van der Waals surface area contributed by atoms with E-state index in [1.54, 1.807) is 0 Å². The fourth-order valence-electron chi connectivity index (χ4n) is 1.17. The summed E-state index contributed by atoms with van der Waals surface area (Å²) in [4.78, 5) is 21.7. The highest BCUT2D eigenvalue weighted by molar-refractivity contribution is 5.96. The molecule has 5 heteroatoms. The fraction of sp³-hybridized carbons (Fsp3) is 0.273. The van der Waals surface area contributed by atoms with Crippen LogP contribution in [0.2, 0.25) is 0 Å². The Bertz CT molecular complexity index is 418. The number of primary amides is 1. The second-order valence-electron chi connectivity index (χ2n) is 3.26. The lowest BCUT2D eigenvalue weighted by molar-refractivity contribution is -0.118. The topological polar surface area (TPSA) is 69.4 Å². The molecule has 0 unspecified atom stereocenters. The molecule has 4 nitrogen and oxygen atoms in total. The van der Waals surface area contributed by atoms with E-state index in [9.17, 15) is 14.0 Å². The number of ketones is 1. The van der Waals surface area contributed by atoms with Gasteiger partial charge in [-0.15, -0.1) is 0 Å². The number of amides is 1. The zero-order valence-electron chi connectivity index (χ0n) is 8.83. The van der Waals surface area contributed by atoms with Crippen molar-refractivity contribution >= 4 is 11.7 Å². The molecule has 1 aromatic rings. The third-order valence-corrected chi connectivity index (χ3v) is 1.93. The molecule has 0 saturated heterocycles. The number of halogens is 1. The number of Topliss-reactive ketones (excluding diaryl/α,β-unsaturated/α-hetero) is 1. The molecule has 0 atom stereocenters. The van der Waals surface area contributed by atoms with Crippen LogP contribution in [0.3, 0.4) is 0 Å². The van der Waals surface area contributed by atoms with Gasteiger partial charge in [0.25, 0.3) is 0 Å². The number of hydrogen-bond donors (Lipinski definition) is 1. The summed E-state index contributed by atoms with van der Waals surface area (Å²) >= 11 is 0. The van der Waals surface area contributed by atoms with Gasteiger partial charge in [0, 0.05) is 6.07 Å². The molecule has 0 radical (unpaired) electrons. The summed E-state index contributed by atoms with van der Waals surface area (Å²) in [7, 11) is 0. The van der Waals surface area contributed by atoms with Crippen LogP contribution in [0, 0.1) is 5.82 Å². The Hall–Kier alpha value is -1.91. The van der Waals surface area contributed by atoms with E-state index in [1.807, 2.05) is 0 Å². The molecule has 86 valence electrons. The SMILES string of the molecule is CC(=O)c1ccc(F)cc1OCCC(N)=O. The average molecular weight is 225 g/mol. The monoisotopic (exact) mass is 225 g/mol. The van der Waals surface area contributed by atoms with Crippen LogP contribution < -0.4 is 10.5 Å². The van der Waals surface area contributed by atoms with Crippen molar-refractivity contribution in [2.75, 3.05) is 6.61 Å². The number of rotatable bonds is 5. The maximum absolute atomic E-state index is 12.9. The first-order valence-corrected chi connectivity index (χ1v) is 4.72. The second kappa shape index (κ2) is 5.25. The smallest absolute Gasteiger partial charge is 0.220 e. The molecule has 1 aromatic carbocycles. The standard InChI is InChI=1S/C11H12FNO3/c1-7(14)9-3-2-8(12)6-10(9)16-5-4-11(13)15/h2-3,6H,4-5H2,1H3,(H2,13,15). The van der Waals surface area contributed by atoms with Crippen molar-refractivity contribution in [1.82, 2.24) is 0 Å². The Morgan fingerprint density at radius 2 is 2.12 bits per heavy atom. The normalized spacial score (nSPS) is 9.88. The molecule has 2 N–H and O–H groups in total. The number of ether oxygens (including phenoxy) is 1. The van der Waals surface area contributed by atoms with Crippen LogP contribution in [0.25, 0.3) is 0 Å². The number of nitrogens with two attached hydrogens (primary N) is 1. The van der Waals surface area contributed by atoms with Gasteiger partial charge in [-0.2, -0.15) is 0 Å². The van der Waals surface area contributed by atoms with Crippen molar-refractivity contribution in [3.8, 4) is 5.75 Å². The van der Waals surface area contributed by atoms with Gasteiger partial charge in [-0.1, -0.05) is 0 Å². The highest BCUT2D eigenvalue weighted by Gasteiger charge is 2.09. The third-order valence-electron chi connectivity index (χ3n) is 1.93. The number of carbonyl (C=O) groups is 2. The Balaban J connectivity index is 2.80. The van der Waals surface area contributed by atoms with E-state index >= 15 is 0 Å². The van der Waals surface area contributed by atoms with Gasteiger partial charge in [0.15, 0.2) is 5.78 Å². The quantitative estimate of drug-likeness (QED) is 0.767. The average Bonchev–Trinajstić information content (AvgIpc) is 2.16. The Morgan fingerprint density at radius 1 is 1.44 bits per heavy atom. The van der Waals surface area contributed by atoms with Gasteiger partial charge in [0.05, 0.1) is 18.6 Å². The van der Waals surface area contributed by atoms with Gasteiger partial charge in [0.2, 0.25) is 5.91 Å². The zero-order chi connectivity index (χ0) is 12.1. The van der Waals surface area contributed by atoms with Gasteiger partial charge in [-0.05, 0) is 19.1 Å². The van der Waals surface area contributed by atoms with Crippen molar-refractivity contribution < 1.29 is 18.7 Å². The summed E-state index contributed by atoms with van der Waals surface area (Å²) in [6, 6.07) is 3.63. The molecule has 0 spiro atoms. The van der Waals surface area contributed by atoms with E-state index in [4.69, 9.17) is 10.5 Å². The van der Waals surface area contributed by atoms with Crippen LogP contribution in [0.5, 0.6) is 5.75 Å². The minimum atomic E-state index is -0.513. The molecule has 0 heterocycles. The molecule has 16 heavy (non-hydrogen) atoms. The predicted molar refractivity (Wildman–Crippen MR) is 55.7 cm³/mol. The molecule has 1 amide bonds. The first kappa shape index (κ1) is 12.2. The summed E-state index contributed by atoms with van der Waals surface area (Å²) in [6.45, 7) is 1.38. The lowest BCUT2D eigenvalue weighted by Gasteiger charge is -2.08. The van der Waals surface area contributed by atoms with E-state index in [0.717, 1.165) is 6.07 Å². The lowest BCUT2D eigenvalue weighted by atomic mass is 10.1. The van der Waals surface area contributed by atoms with Crippen molar-refractivity contribution in [2.45, 2.75) is 13.3 Å². The molecule has 0 aliphatic heterocycles. The Labute approximate surface area is 92.2 Å². The van der Waals surface area contributed by atoms with Crippen LogP contribution in [-0.4, -0.2) is 18.3 Å². The maximum atomic E-state index is 12.9. The highest BCUT2D eigenvalue weighted by atomic mass is 19.1. The van der Waals surface area contributed by atoms with E-state index in [2.05, 4.69) is 0 Å². The molecule has 1 rings (SSSR count). The van der Waals surface area contributed by atoms with Crippen molar-refractivity contribution in [3.63, 3.8) is 0 Å². The third kappa shape index (κ3) is 3.34. The minimum absolute atomic E-state index is 0.0217. The van der Waals surface area contributed by atoms with Crippen LogP contribution >= 0.6 is 0 Å². The number of carbonyl (C=O) groups excluding carboxylic acids is 2. The summed E-state index contributed by atoms with van der Waals surface area (Å²) in [6.07, 6.45) is 0.0217. The van der Waals surface area contributed by atoms with Crippen LogP contribution in [0.4, 0.5) is 4.39 Å². The Kier molecular flexibility index (Phi) is 3.99. The van der Waals surface area contributed by atoms with Gasteiger partial charge < -0.3 is 10.5 Å². The molecule has 0 saturated carbocycles. The van der Waals surface area contributed by atoms with Crippen molar-refractivity contribution in [1.29, 1.82) is 0 Å². The summed E-state index contributed by atoms with van der Waals surface area (Å²) in [5, 5.41) is 0. The number of hydrogen-bond acceptors (Lipinski definition) is 3. The van der Waals surface area contributed by atoms with E-state index in [1.165, 1.54) is 19.1 Å². The van der Waals surface area contributed by atoms with Crippen LogP contribution in [0.1, 0.15) is 23.7 Å². The second-order valence-corrected chi connectivity index (χ2v) is 3.26. The summed E-state index contributed by atoms with van der Waals surface area (Å²) in [5.74, 6) is -1.11. The van der Waals surface area contributed by atoms with Gasteiger partial charge in [-0.25, -0.2) is 4.39 Å². The van der Waals surface area contributed by atoms with Crippen molar-refractivity contribution in [2.24, 2.45) is 5.73 Å². The Morgan fingerprint density at radius 3 is 2.69 bits per heavy atom. The predicted octanol–water partition coefficient (Wildman–Crippen LogP) is 1.28. The molecule has 0 aromatic heterocycles. The summed E-state index contributed by atoms with van der Waals surface area (Å²) in [5.41, 5.74) is 5.21. The maximum Gasteiger partial charge on any atom is 0.220 e. The van der Waals surface area contributed by atoms with E-state index < -0.39 is 11.7 Å². The summed E-state index contributed by atoms with van der Waals surface area (Å²) < 4.78 is 18.0. The molecular formula is C11H12FNO3. The van der Waals surface area contributed by atoms with Crippen molar-refractivity contribution in [3.05, 3.63) is 29.6 Å². The van der Waals surface area contributed by atoms with Gasteiger partial charge >= 0.3 is 0 Å². The lowest BCUT2D eigenvalue weighted by Crippen LogP contribution is -2.15. The largest absolute Gasteiger partial charge is 0.492 e. The minimum Gasteiger partial charge on any atom is -0.492 e. The highest BCUT2D eigenvalue weighted by Crippen LogP contribution is 2.20. The van der Waals surface area contributed by atoms with Crippen LogP contribution in [0.15, 0.2) is 18.2 Å². The van der Waals surface area contributed by atoms with Gasteiger partial charge in [-0.3, -0.25) is 9.59 Å². The molecule has 0 fully saturated rings. The zero-order valence-corrected chi connectivity index (χ0v) is 8.83. The van der Waals surface area contributed by atoms with Gasteiger partial charge in [0.1, 0.15) is 11.6 Å². The molecule has 0 aliphatic carbocycles. The van der Waals surface area contributed by atoms with E-state index in [-0.39, 0.29) is 30.1 Å². The molecule has 0 bridgehead atoms. The molecular weight excluding hydrogens is 213 g/mol. The van der Waals surface area contributed by atoms with Crippen LogP contribution in [-0.2, 0) is 4.79 Å². The fourth-order valence-corrected chi connectivity index (χ4v) is 1.17.